The van der Waals surface area contributed by atoms with E-state index in [0.29, 0.717) is 18.3 Å². The van der Waals surface area contributed by atoms with E-state index < -0.39 is 5.91 Å². The zero-order valence-electron chi connectivity index (χ0n) is 19.4. The van der Waals surface area contributed by atoms with Crippen molar-refractivity contribution < 1.29 is 9.53 Å². The third kappa shape index (κ3) is 5.65. The summed E-state index contributed by atoms with van der Waals surface area (Å²) in [7, 11) is 0. The third-order valence-corrected chi connectivity index (χ3v) is 6.38. The SMILES string of the molecule is C=CCc1ccccc1OCCn1cc(/C=C(/C#N)C(=O)Nc2nnc(CC)s2)c2ccccc21. The second-order valence-electron chi connectivity index (χ2n) is 7.72. The molecule has 0 bridgehead atoms. The van der Waals surface area contributed by atoms with Gasteiger partial charge in [0.1, 0.15) is 29.0 Å². The van der Waals surface area contributed by atoms with Crippen LogP contribution in [0.1, 0.15) is 23.1 Å². The maximum atomic E-state index is 12.7. The molecule has 0 aliphatic carbocycles. The largest absolute Gasteiger partial charge is 0.491 e. The Morgan fingerprint density at radius 1 is 1.23 bits per heavy atom. The van der Waals surface area contributed by atoms with E-state index in [0.717, 1.165) is 45.6 Å². The first kappa shape index (κ1) is 23.9. The Morgan fingerprint density at radius 2 is 2.03 bits per heavy atom. The normalized spacial score (nSPS) is 11.3. The van der Waals surface area contributed by atoms with Gasteiger partial charge in [0.2, 0.25) is 5.13 Å². The minimum Gasteiger partial charge on any atom is -0.491 e. The van der Waals surface area contributed by atoms with Crippen molar-refractivity contribution in [3.8, 4) is 11.8 Å². The maximum absolute atomic E-state index is 12.7. The molecule has 8 heteroatoms. The number of fused-ring (bicyclic) bond motifs is 1. The smallest absolute Gasteiger partial charge is 0.268 e. The monoisotopic (exact) mass is 483 g/mol. The molecular formula is C27H25N5O2S. The molecule has 0 spiro atoms. The summed E-state index contributed by atoms with van der Waals surface area (Å²) in [4.78, 5) is 12.7. The summed E-state index contributed by atoms with van der Waals surface area (Å²) in [5.74, 6) is 0.334. The second kappa shape index (κ2) is 11.3. The van der Waals surface area contributed by atoms with E-state index in [-0.39, 0.29) is 5.57 Å². The van der Waals surface area contributed by atoms with Gasteiger partial charge in [-0.3, -0.25) is 10.1 Å². The number of nitriles is 1. The van der Waals surface area contributed by atoms with Crippen molar-refractivity contribution in [2.24, 2.45) is 0 Å². The summed E-state index contributed by atoms with van der Waals surface area (Å²) in [5, 5.41) is 22.4. The highest BCUT2D eigenvalue weighted by molar-refractivity contribution is 7.15. The van der Waals surface area contributed by atoms with Crippen LogP contribution in [-0.2, 0) is 24.2 Å². The summed E-state index contributed by atoms with van der Waals surface area (Å²) >= 11 is 1.30. The van der Waals surface area contributed by atoms with Crippen LogP contribution in [0.25, 0.3) is 17.0 Å². The third-order valence-electron chi connectivity index (χ3n) is 5.40. The number of nitrogens with one attached hydrogen (secondary N) is 1. The van der Waals surface area contributed by atoms with Crippen LogP contribution >= 0.6 is 11.3 Å². The molecule has 1 N–H and O–H groups in total. The Morgan fingerprint density at radius 3 is 2.80 bits per heavy atom. The molecular weight excluding hydrogens is 458 g/mol. The van der Waals surface area contributed by atoms with Crippen LogP contribution in [0.3, 0.4) is 0 Å². The highest BCUT2D eigenvalue weighted by Gasteiger charge is 2.15. The van der Waals surface area contributed by atoms with E-state index >= 15 is 0 Å². The number of benzene rings is 2. The van der Waals surface area contributed by atoms with Gasteiger partial charge in [-0.2, -0.15) is 5.26 Å². The Hall–Kier alpha value is -4.22. The van der Waals surface area contributed by atoms with Crippen molar-refractivity contribution in [2.75, 3.05) is 11.9 Å². The number of ether oxygens (including phenoxy) is 1. The number of para-hydroxylation sites is 2. The van der Waals surface area contributed by atoms with Gasteiger partial charge in [0.15, 0.2) is 0 Å². The molecule has 4 aromatic rings. The zero-order valence-corrected chi connectivity index (χ0v) is 20.2. The van der Waals surface area contributed by atoms with Gasteiger partial charge in [-0.25, -0.2) is 0 Å². The van der Waals surface area contributed by atoms with Crippen molar-refractivity contribution in [3.63, 3.8) is 0 Å². The number of carbonyl (C=O) groups is 1. The lowest BCUT2D eigenvalue weighted by Gasteiger charge is -2.11. The first-order chi connectivity index (χ1) is 17.1. The zero-order chi connectivity index (χ0) is 24.6. The number of hydrogen-bond acceptors (Lipinski definition) is 6. The van der Waals surface area contributed by atoms with Crippen LogP contribution in [-0.4, -0.2) is 27.3 Å². The quantitative estimate of drug-likeness (QED) is 0.185. The lowest BCUT2D eigenvalue weighted by atomic mass is 10.1. The fraction of sp³-hybridized carbons (Fsp3) is 0.185. The highest BCUT2D eigenvalue weighted by Crippen LogP contribution is 2.25. The van der Waals surface area contributed by atoms with E-state index in [1.54, 1.807) is 6.08 Å². The Labute approximate surface area is 208 Å². The first-order valence-corrected chi connectivity index (χ1v) is 12.1. The molecule has 2 aromatic heterocycles. The number of rotatable bonds is 10. The molecule has 0 saturated carbocycles. The van der Waals surface area contributed by atoms with Crippen molar-refractivity contribution in [1.82, 2.24) is 14.8 Å². The fourth-order valence-corrected chi connectivity index (χ4v) is 4.39. The molecule has 0 unspecified atom stereocenters. The number of anilines is 1. The standard InChI is InChI=1S/C27H25N5O2S/c1-3-9-19-10-5-8-13-24(19)34-15-14-32-18-21(22-11-6-7-12-23(22)32)16-20(17-28)26(33)29-27-31-30-25(4-2)35-27/h3,5-8,10-13,16,18H,1,4,9,14-15H2,2H3,(H,29,31,33)/b20-16-. The van der Waals surface area contributed by atoms with Crippen LogP contribution in [0, 0.1) is 11.3 Å². The molecule has 0 atom stereocenters. The first-order valence-electron chi connectivity index (χ1n) is 11.3. The summed E-state index contributed by atoms with van der Waals surface area (Å²) in [5.41, 5.74) is 2.87. The molecule has 7 nitrogen and oxygen atoms in total. The number of aromatic nitrogens is 3. The van der Waals surface area contributed by atoms with Gasteiger partial charge in [0.25, 0.3) is 5.91 Å². The molecule has 0 aliphatic rings. The number of amides is 1. The van der Waals surface area contributed by atoms with Crippen molar-refractivity contribution in [2.45, 2.75) is 26.3 Å². The number of nitrogens with zero attached hydrogens (tertiary/aromatic N) is 4. The van der Waals surface area contributed by atoms with Crippen LogP contribution < -0.4 is 10.1 Å². The molecule has 4 rings (SSSR count). The molecule has 0 radical (unpaired) electrons. The van der Waals surface area contributed by atoms with E-state index in [1.165, 1.54) is 11.3 Å². The van der Waals surface area contributed by atoms with Crippen LogP contribution in [0.15, 0.2) is 73.0 Å². The number of allylic oxidation sites excluding steroid dienone is 1. The number of carbonyl (C=O) groups excluding carboxylic acids is 1. The Kier molecular flexibility index (Phi) is 7.70. The van der Waals surface area contributed by atoms with E-state index in [9.17, 15) is 10.1 Å². The lowest BCUT2D eigenvalue weighted by molar-refractivity contribution is -0.112. The molecule has 35 heavy (non-hydrogen) atoms. The molecule has 0 aliphatic heterocycles. The van der Waals surface area contributed by atoms with Crippen molar-refractivity contribution in [3.05, 3.63) is 89.1 Å². The molecule has 0 saturated heterocycles. The minimum absolute atomic E-state index is 0.00393. The van der Waals surface area contributed by atoms with Crippen molar-refractivity contribution in [1.29, 1.82) is 5.26 Å². The van der Waals surface area contributed by atoms with E-state index in [4.69, 9.17) is 4.74 Å². The summed E-state index contributed by atoms with van der Waals surface area (Å²) < 4.78 is 8.13. The predicted octanol–water partition coefficient (Wildman–Crippen LogP) is 5.41. The fourth-order valence-electron chi connectivity index (χ4n) is 3.71. The van der Waals surface area contributed by atoms with E-state index in [2.05, 4.69) is 26.7 Å². The second-order valence-corrected chi connectivity index (χ2v) is 8.78. The molecule has 2 heterocycles. The van der Waals surface area contributed by atoms with Gasteiger partial charge in [0.05, 0.1) is 6.54 Å². The van der Waals surface area contributed by atoms with Crippen molar-refractivity contribution >= 4 is 39.4 Å². The summed E-state index contributed by atoms with van der Waals surface area (Å²) in [6.45, 7) is 6.85. The van der Waals surface area contributed by atoms with Gasteiger partial charge < -0.3 is 9.30 Å². The number of hydrogen-bond donors (Lipinski definition) is 1. The highest BCUT2D eigenvalue weighted by atomic mass is 32.1. The Balaban J connectivity index is 1.54. The average Bonchev–Trinajstić information content (AvgIpc) is 3.48. The van der Waals surface area contributed by atoms with Gasteiger partial charge in [-0.05, 0) is 36.6 Å². The number of aryl methyl sites for hydroxylation is 1. The van der Waals surface area contributed by atoms with Crippen LogP contribution in [0.2, 0.25) is 0 Å². The van der Waals surface area contributed by atoms with Gasteiger partial charge in [-0.1, -0.05) is 60.7 Å². The topological polar surface area (TPSA) is 92.8 Å². The van der Waals surface area contributed by atoms with Crippen LogP contribution in [0.4, 0.5) is 5.13 Å². The van der Waals surface area contributed by atoms with E-state index in [1.807, 2.05) is 73.8 Å². The predicted molar refractivity (Wildman–Crippen MR) is 139 cm³/mol. The minimum atomic E-state index is -0.509. The maximum Gasteiger partial charge on any atom is 0.268 e. The Bertz CT molecular complexity index is 1430. The summed E-state index contributed by atoms with van der Waals surface area (Å²) in [6, 6.07) is 17.8. The van der Waals surface area contributed by atoms with Gasteiger partial charge >= 0.3 is 0 Å². The average molecular weight is 484 g/mol. The molecule has 176 valence electrons. The van der Waals surface area contributed by atoms with Gasteiger partial charge in [-0.15, -0.1) is 16.8 Å². The van der Waals surface area contributed by atoms with Crippen LogP contribution in [0.5, 0.6) is 5.75 Å². The summed E-state index contributed by atoms with van der Waals surface area (Å²) in [6.07, 6.45) is 6.88. The lowest BCUT2D eigenvalue weighted by Crippen LogP contribution is -2.13. The molecule has 2 aromatic carbocycles. The molecule has 1 amide bonds. The van der Waals surface area contributed by atoms with Gasteiger partial charge in [0, 0.05) is 22.7 Å². The molecule has 0 fully saturated rings.